The minimum atomic E-state index is -0.128. The van der Waals surface area contributed by atoms with Gasteiger partial charge in [0.1, 0.15) is 11.5 Å². The molecule has 2 aromatic rings. The summed E-state index contributed by atoms with van der Waals surface area (Å²) in [7, 11) is 0. The second-order valence-corrected chi connectivity index (χ2v) is 4.62. The van der Waals surface area contributed by atoms with E-state index in [4.69, 9.17) is 9.15 Å². The van der Waals surface area contributed by atoms with Gasteiger partial charge >= 0.3 is 0 Å². The first-order chi connectivity index (χ1) is 9.69. The second kappa shape index (κ2) is 6.80. The number of rotatable bonds is 6. The first-order valence-corrected chi connectivity index (χ1v) is 6.76. The van der Waals surface area contributed by atoms with Crippen LogP contribution in [0.2, 0.25) is 0 Å². The number of furan rings is 1. The largest absolute Gasteiger partial charge is 0.491 e. The zero-order valence-corrected chi connectivity index (χ0v) is 11.8. The van der Waals surface area contributed by atoms with Crippen LogP contribution in [0.25, 0.3) is 0 Å². The van der Waals surface area contributed by atoms with Crippen LogP contribution >= 0.6 is 0 Å². The molecule has 0 aliphatic carbocycles. The van der Waals surface area contributed by atoms with Gasteiger partial charge in [0.05, 0.1) is 18.9 Å². The maximum Gasteiger partial charge on any atom is 0.251 e. The summed E-state index contributed by atoms with van der Waals surface area (Å²) in [6.07, 6.45) is 2.71. The molecule has 20 heavy (non-hydrogen) atoms. The highest BCUT2D eigenvalue weighted by atomic mass is 16.5. The van der Waals surface area contributed by atoms with Crippen molar-refractivity contribution in [3.63, 3.8) is 0 Å². The second-order valence-electron chi connectivity index (χ2n) is 4.62. The van der Waals surface area contributed by atoms with Crippen LogP contribution in [0.4, 0.5) is 0 Å². The Hall–Kier alpha value is -2.23. The van der Waals surface area contributed by atoms with Crippen molar-refractivity contribution >= 4 is 5.91 Å². The maximum absolute atomic E-state index is 11.9. The Balaban J connectivity index is 1.90. The standard InChI is InChI=1S/C16H19NO3/c1-3-12(2)20-14-8-6-13(7-9-14)16(18)17-11-15-5-4-10-19-15/h4-10,12H,3,11H2,1-2H3,(H,17,18). The average Bonchev–Trinajstić information content (AvgIpc) is 2.98. The number of benzene rings is 1. The van der Waals surface area contributed by atoms with Crippen LogP contribution in [-0.2, 0) is 6.54 Å². The fourth-order valence-corrected chi connectivity index (χ4v) is 1.68. The number of ether oxygens (including phenoxy) is 1. The summed E-state index contributed by atoms with van der Waals surface area (Å²) >= 11 is 0. The molecule has 2 rings (SSSR count). The molecule has 1 aromatic carbocycles. The lowest BCUT2D eigenvalue weighted by Gasteiger charge is -2.12. The predicted octanol–water partition coefficient (Wildman–Crippen LogP) is 3.39. The molecule has 1 amide bonds. The summed E-state index contributed by atoms with van der Waals surface area (Å²) in [6, 6.07) is 10.8. The van der Waals surface area contributed by atoms with Gasteiger partial charge < -0.3 is 14.5 Å². The van der Waals surface area contributed by atoms with E-state index in [-0.39, 0.29) is 12.0 Å². The molecule has 1 N–H and O–H groups in total. The van der Waals surface area contributed by atoms with Crippen LogP contribution in [0.15, 0.2) is 47.1 Å². The molecule has 4 heteroatoms. The molecule has 4 nitrogen and oxygen atoms in total. The fraction of sp³-hybridized carbons (Fsp3) is 0.312. The van der Waals surface area contributed by atoms with E-state index in [1.807, 2.05) is 25.1 Å². The van der Waals surface area contributed by atoms with Gasteiger partial charge in [-0.2, -0.15) is 0 Å². The van der Waals surface area contributed by atoms with Crippen LogP contribution in [-0.4, -0.2) is 12.0 Å². The molecule has 0 saturated carbocycles. The van der Waals surface area contributed by atoms with Crippen molar-refractivity contribution in [2.45, 2.75) is 32.9 Å². The lowest BCUT2D eigenvalue weighted by Crippen LogP contribution is -2.22. The molecule has 1 aromatic heterocycles. The summed E-state index contributed by atoms with van der Waals surface area (Å²) in [5.41, 5.74) is 0.605. The number of carbonyl (C=O) groups is 1. The maximum atomic E-state index is 11.9. The third-order valence-electron chi connectivity index (χ3n) is 3.03. The average molecular weight is 273 g/mol. The Morgan fingerprint density at radius 1 is 1.30 bits per heavy atom. The van der Waals surface area contributed by atoms with Crippen molar-refractivity contribution in [1.29, 1.82) is 0 Å². The SMILES string of the molecule is CCC(C)Oc1ccc(C(=O)NCc2ccco2)cc1. The highest BCUT2D eigenvalue weighted by Crippen LogP contribution is 2.15. The first-order valence-electron chi connectivity index (χ1n) is 6.76. The van der Waals surface area contributed by atoms with E-state index in [2.05, 4.69) is 12.2 Å². The van der Waals surface area contributed by atoms with Crippen LogP contribution in [0.1, 0.15) is 36.4 Å². The summed E-state index contributed by atoms with van der Waals surface area (Å²) in [5.74, 6) is 1.38. The molecule has 0 fully saturated rings. The summed E-state index contributed by atoms with van der Waals surface area (Å²) in [5, 5.41) is 2.80. The molecule has 0 saturated heterocycles. The zero-order chi connectivity index (χ0) is 14.4. The van der Waals surface area contributed by atoms with Gasteiger partial charge in [-0.05, 0) is 49.7 Å². The van der Waals surface area contributed by atoms with Gasteiger partial charge in [0.15, 0.2) is 0 Å². The van der Waals surface area contributed by atoms with Gasteiger partial charge in [-0.25, -0.2) is 0 Å². The number of nitrogens with one attached hydrogen (secondary N) is 1. The summed E-state index contributed by atoms with van der Waals surface area (Å²) < 4.78 is 10.8. The molecule has 106 valence electrons. The molecule has 0 aliphatic heterocycles. The monoisotopic (exact) mass is 273 g/mol. The Morgan fingerprint density at radius 2 is 2.05 bits per heavy atom. The van der Waals surface area contributed by atoms with Crippen LogP contribution in [0.3, 0.4) is 0 Å². The zero-order valence-electron chi connectivity index (χ0n) is 11.8. The van der Waals surface area contributed by atoms with Crippen molar-refractivity contribution < 1.29 is 13.9 Å². The molecule has 0 spiro atoms. The highest BCUT2D eigenvalue weighted by molar-refractivity contribution is 5.94. The van der Waals surface area contributed by atoms with Gasteiger partial charge in [0.25, 0.3) is 5.91 Å². The molecular weight excluding hydrogens is 254 g/mol. The Bertz CT molecular complexity index is 531. The molecule has 0 bridgehead atoms. The summed E-state index contributed by atoms with van der Waals surface area (Å²) in [4.78, 5) is 11.9. The predicted molar refractivity (Wildman–Crippen MR) is 76.7 cm³/mol. The van der Waals surface area contributed by atoms with Crippen molar-refractivity contribution in [3.05, 3.63) is 54.0 Å². The van der Waals surface area contributed by atoms with Gasteiger partial charge in [-0.1, -0.05) is 6.92 Å². The fourth-order valence-electron chi connectivity index (χ4n) is 1.68. The molecule has 0 radical (unpaired) electrons. The first kappa shape index (κ1) is 14.2. The lowest BCUT2D eigenvalue weighted by atomic mass is 10.2. The number of amides is 1. The van der Waals surface area contributed by atoms with Crippen LogP contribution < -0.4 is 10.1 Å². The molecular formula is C16H19NO3. The third-order valence-corrected chi connectivity index (χ3v) is 3.03. The van der Waals surface area contributed by atoms with Gasteiger partial charge in [-0.3, -0.25) is 4.79 Å². The molecule has 0 aliphatic rings. The molecule has 1 heterocycles. The smallest absolute Gasteiger partial charge is 0.251 e. The van der Waals surface area contributed by atoms with Gasteiger partial charge in [0.2, 0.25) is 0 Å². The van der Waals surface area contributed by atoms with Crippen molar-refractivity contribution in [2.75, 3.05) is 0 Å². The van der Waals surface area contributed by atoms with Gasteiger partial charge in [0, 0.05) is 5.56 Å². The highest BCUT2D eigenvalue weighted by Gasteiger charge is 2.07. The summed E-state index contributed by atoms with van der Waals surface area (Å²) in [6.45, 7) is 4.47. The van der Waals surface area contributed by atoms with E-state index in [0.29, 0.717) is 12.1 Å². The van der Waals surface area contributed by atoms with E-state index in [1.54, 1.807) is 24.5 Å². The number of hydrogen-bond donors (Lipinski definition) is 1. The third kappa shape index (κ3) is 3.88. The van der Waals surface area contributed by atoms with E-state index >= 15 is 0 Å². The minimum absolute atomic E-state index is 0.128. The van der Waals surface area contributed by atoms with Crippen molar-refractivity contribution in [3.8, 4) is 5.75 Å². The number of carbonyl (C=O) groups excluding carboxylic acids is 1. The van der Waals surface area contributed by atoms with E-state index < -0.39 is 0 Å². The van der Waals surface area contributed by atoms with E-state index in [9.17, 15) is 4.79 Å². The van der Waals surface area contributed by atoms with Crippen molar-refractivity contribution in [1.82, 2.24) is 5.32 Å². The van der Waals surface area contributed by atoms with E-state index in [1.165, 1.54) is 0 Å². The topological polar surface area (TPSA) is 51.5 Å². The number of hydrogen-bond acceptors (Lipinski definition) is 3. The normalized spacial score (nSPS) is 11.9. The molecule has 1 atom stereocenters. The van der Waals surface area contributed by atoms with E-state index in [0.717, 1.165) is 17.9 Å². The lowest BCUT2D eigenvalue weighted by molar-refractivity contribution is 0.0948. The quantitative estimate of drug-likeness (QED) is 0.877. The Kier molecular flexibility index (Phi) is 4.82. The van der Waals surface area contributed by atoms with Crippen molar-refractivity contribution in [2.24, 2.45) is 0 Å². The molecule has 1 unspecified atom stereocenters. The Morgan fingerprint density at radius 3 is 2.65 bits per heavy atom. The Labute approximate surface area is 118 Å². The minimum Gasteiger partial charge on any atom is -0.491 e. The van der Waals surface area contributed by atoms with Gasteiger partial charge in [-0.15, -0.1) is 0 Å². The van der Waals surface area contributed by atoms with Crippen LogP contribution in [0, 0.1) is 0 Å². The van der Waals surface area contributed by atoms with Crippen LogP contribution in [0.5, 0.6) is 5.75 Å².